The Morgan fingerprint density at radius 3 is 2.79 bits per heavy atom. The molecule has 0 spiro atoms. The zero-order valence-corrected chi connectivity index (χ0v) is 12.1. The molecule has 1 aliphatic heterocycles. The number of rotatable bonds is 5. The number of guanidine groups is 1. The van der Waals surface area contributed by atoms with Crippen molar-refractivity contribution in [3.05, 3.63) is 0 Å². The summed E-state index contributed by atoms with van der Waals surface area (Å²) in [7, 11) is -2.95. The van der Waals surface area contributed by atoms with Crippen LogP contribution in [-0.4, -0.2) is 64.1 Å². The number of carbonyl (C=O) groups excluding carboxylic acids is 1. The SMILES string of the molecule is CN(CCOP(=O)(O)O)C(=N)N1CC(CCl)CC1=O. The van der Waals surface area contributed by atoms with E-state index in [1.54, 1.807) is 7.05 Å². The molecule has 8 nitrogen and oxygen atoms in total. The number of likely N-dealkylation sites (tertiary alicyclic amines) is 1. The van der Waals surface area contributed by atoms with E-state index >= 15 is 0 Å². The topological polar surface area (TPSA) is 114 Å². The molecule has 1 saturated heterocycles. The molecule has 0 saturated carbocycles. The summed E-state index contributed by atoms with van der Waals surface area (Å²) in [5, 5.41) is 7.86. The summed E-state index contributed by atoms with van der Waals surface area (Å²) in [6, 6.07) is 0. The van der Waals surface area contributed by atoms with Crippen LogP contribution in [0.15, 0.2) is 0 Å². The van der Waals surface area contributed by atoms with Crippen molar-refractivity contribution in [1.29, 1.82) is 5.41 Å². The van der Waals surface area contributed by atoms with Gasteiger partial charge in [-0.05, 0) is 5.92 Å². The number of hydrogen-bond donors (Lipinski definition) is 3. The zero-order chi connectivity index (χ0) is 14.6. The largest absolute Gasteiger partial charge is 0.469 e. The predicted octanol–water partition coefficient (Wildman–Crippen LogP) is 0.0496. The van der Waals surface area contributed by atoms with Gasteiger partial charge in [0, 0.05) is 32.4 Å². The van der Waals surface area contributed by atoms with E-state index in [9.17, 15) is 9.36 Å². The number of halogens is 1. The van der Waals surface area contributed by atoms with E-state index in [1.165, 1.54) is 9.80 Å². The highest BCUT2D eigenvalue weighted by atomic mass is 35.5. The average Bonchev–Trinajstić information content (AvgIpc) is 2.67. The number of likely N-dealkylation sites (N-methyl/N-ethyl adjacent to an activating group) is 1. The molecule has 1 aliphatic rings. The monoisotopic (exact) mass is 313 g/mol. The van der Waals surface area contributed by atoms with Gasteiger partial charge in [-0.3, -0.25) is 19.6 Å². The molecule has 0 aromatic heterocycles. The highest BCUT2D eigenvalue weighted by Crippen LogP contribution is 2.35. The van der Waals surface area contributed by atoms with Gasteiger partial charge >= 0.3 is 7.82 Å². The van der Waals surface area contributed by atoms with E-state index < -0.39 is 7.82 Å². The minimum Gasteiger partial charge on any atom is -0.343 e. The first kappa shape index (κ1) is 16.4. The first-order valence-corrected chi connectivity index (χ1v) is 7.67. The number of carbonyl (C=O) groups is 1. The molecular weight excluding hydrogens is 297 g/mol. The van der Waals surface area contributed by atoms with Gasteiger partial charge in [0.15, 0.2) is 5.96 Å². The molecule has 0 bridgehead atoms. The minimum absolute atomic E-state index is 0.0214. The standard InChI is InChI=1S/C9H17ClN3O5P/c1-12(2-3-18-19(15,16)17)9(11)13-6-7(5-10)4-8(13)14/h7,11H,2-6H2,1H3,(H2,15,16,17). The molecule has 0 aromatic carbocycles. The third-order valence-corrected chi connectivity index (χ3v) is 3.68. The Morgan fingerprint density at radius 1 is 1.68 bits per heavy atom. The van der Waals surface area contributed by atoms with Crippen molar-refractivity contribution < 1.29 is 23.7 Å². The number of phosphoric ester groups is 1. The Hall–Kier alpha value is -0.660. The summed E-state index contributed by atoms with van der Waals surface area (Å²) in [6.45, 7) is 0.258. The summed E-state index contributed by atoms with van der Waals surface area (Å²) < 4.78 is 14.8. The normalized spacial score (nSPS) is 19.9. The van der Waals surface area contributed by atoms with Crippen LogP contribution in [0.4, 0.5) is 0 Å². The molecule has 1 heterocycles. The van der Waals surface area contributed by atoms with Gasteiger partial charge in [0.2, 0.25) is 5.91 Å². The highest BCUT2D eigenvalue weighted by molar-refractivity contribution is 7.46. The van der Waals surface area contributed by atoms with Crippen LogP contribution in [0.2, 0.25) is 0 Å². The number of hydrogen-bond acceptors (Lipinski definition) is 4. The summed E-state index contributed by atoms with van der Waals surface area (Å²) in [6.07, 6.45) is 0.318. The van der Waals surface area contributed by atoms with Crippen LogP contribution in [0.25, 0.3) is 0 Å². The number of nitrogens with one attached hydrogen (secondary N) is 1. The van der Waals surface area contributed by atoms with Gasteiger partial charge in [0.05, 0.1) is 6.61 Å². The fraction of sp³-hybridized carbons (Fsp3) is 0.778. The van der Waals surface area contributed by atoms with Crippen LogP contribution in [0.1, 0.15) is 6.42 Å². The van der Waals surface area contributed by atoms with Crippen molar-refractivity contribution in [3.63, 3.8) is 0 Å². The molecule has 0 radical (unpaired) electrons. The van der Waals surface area contributed by atoms with Gasteiger partial charge in [0.25, 0.3) is 0 Å². The van der Waals surface area contributed by atoms with Crippen molar-refractivity contribution in [2.24, 2.45) is 5.92 Å². The molecule has 110 valence electrons. The maximum atomic E-state index is 11.7. The van der Waals surface area contributed by atoms with E-state index in [2.05, 4.69) is 4.52 Å². The molecule has 1 unspecified atom stereocenters. The van der Waals surface area contributed by atoms with E-state index in [-0.39, 0.29) is 30.9 Å². The number of alkyl halides is 1. The maximum absolute atomic E-state index is 11.7. The third kappa shape index (κ3) is 5.08. The van der Waals surface area contributed by atoms with E-state index in [0.717, 1.165) is 0 Å². The maximum Gasteiger partial charge on any atom is 0.469 e. The Kier molecular flexibility index (Phi) is 5.76. The molecular formula is C9H17ClN3O5P. The molecule has 3 N–H and O–H groups in total. The molecule has 19 heavy (non-hydrogen) atoms. The fourth-order valence-corrected chi connectivity index (χ4v) is 2.22. The molecule has 1 amide bonds. The van der Waals surface area contributed by atoms with Gasteiger partial charge in [0.1, 0.15) is 0 Å². The summed E-state index contributed by atoms with van der Waals surface area (Å²) in [5.41, 5.74) is 0. The minimum atomic E-state index is -4.50. The van der Waals surface area contributed by atoms with Crippen LogP contribution in [0.3, 0.4) is 0 Å². The highest BCUT2D eigenvalue weighted by Gasteiger charge is 2.32. The van der Waals surface area contributed by atoms with Crippen molar-refractivity contribution in [3.8, 4) is 0 Å². The lowest BCUT2D eigenvalue weighted by Gasteiger charge is -2.26. The van der Waals surface area contributed by atoms with Crippen molar-refractivity contribution in [2.75, 3.05) is 32.6 Å². The fourth-order valence-electron chi connectivity index (χ4n) is 1.70. The number of phosphoric acid groups is 1. The van der Waals surface area contributed by atoms with Crippen LogP contribution >= 0.6 is 19.4 Å². The van der Waals surface area contributed by atoms with Gasteiger partial charge in [-0.1, -0.05) is 0 Å². The van der Waals surface area contributed by atoms with Crippen molar-refractivity contribution >= 4 is 31.3 Å². The van der Waals surface area contributed by atoms with Crippen LogP contribution in [0, 0.1) is 11.3 Å². The van der Waals surface area contributed by atoms with Gasteiger partial charge in [-0.25, -0.2) is 4.57 Å². The van der Waals surface area contributed by atoms with Gasteiger partial charge in [-0.15, -0.1) is 11.6 Å². The summed E-state index contributed by atoms with van der Waals surface area (Å²) in [4.78, 5) is 31.4. The smallest absolute Gasteiger partial charge is 0.343 e. The quantitative estimate of drug-likeness (QED) is 0.286. The molecule has 1 rings (SSSR count). The second kappa shape index (κ2) is 6.67. The number of nitrogens with zero attached hydrogens (tertiary/aromatic N) is 2. The second-order valence-corrected chi connectivity index (χ2v) is 5.85. The van der Waals surface area contributed by atoms with E-state index in [4.69, 9.17) is 26.8 Å². The van der Waals surface area contributed by atoms with Crippen LogP contribution in [0.5, 0.6) is 0 Å². The molecule has 1 fully saturated rings. The third-order valence-electron chi connectivity index (χ3n) is 2.73. The van der Waals surface area contributed by atoms with Gasteiger partial charge in [-0.2, -0.15) is 0 Å². The molecule has 1 atom stereocenters. The van der Waals surface area contributed by atoms with Gasteiger partial charge < -0.3 is 14.7 Å². The van der Waals surface area contributed by atoms with Crippen molar-refractivity contribution in [1.82, 2.24) is 9.80 Å². The van der Waals surface area contributed by atoms with E-state index in [1.807, 2.05) is 0 Å². The van der Waals surface area contributed by atoms with E-state index in [0.29, 0.717) is 18.8 Å². The first-order chi connectivity index (χ1) is 8.74. The summed E-state index contributed by atoms with van der Waals surface area (Å²) in [5.74, 6) is 0.209. The lowest BCUT2D eigenvalue weighted by atomic mass is 10.2. The Balaban J connectivity index is 2.44. The van der Waals surface area contributed by atoms with Crippen LogP contribution in [-0.2, 0) is 13.9 Å². The Morgan fingerprint density at radius 2 is 2.32 bits per heavy atom. The second-order valence-electron chi connectivity index (χ2n) is 4.30. The summed E-state index contributed by atoms with van der Waals surface area (Å²) >= 11 is 5.69. The van der Waals surface area contributed by atoms with Crippen molar-refractivity contribution in [2.45, 2.75) is 6.42 Å². The van der Waals surface area contributed by atoms with Crippen LogP contribution < -0.4 is 0 Å². The Labute approximate surface area is 116 Å². The molecule has 0 aromatic rings. The Bertz CT molecular complexity index is 401. The molecule has 0 aliphatic carbocycles. The number of amides is 1. The average molecular weight is 314 g/mol. The lowest BCUT2D eigenvalue weighted by Crippen LogP contribution is -2.43. The lowest BCUT2D eigenvalue weighted by molar-refractivity contribution is -0.124. The first-order valence-electron chi connectivity index (χ1n) is 5.60. The zero-order valence-electron chi connectivity index (χ0n) is 10.5. The molecule has 10 heteroatoms. The predicted molar refractivity (Wildman–Crippen MR) is 68.9 cm³/mol.